The molecule has 1 heterocycles. The van der Waals surface area contributed by atoms with E-state index in [1.807, 2.05) is 6.07 Å². The number of aliphatic carboxylic acids is 1. The molecule has 1 aliphatic heterocycles. The number of carbonyl (C=O) groups is 1. The van der Waals surface area contributed by atoms with Crippen LogP contribution in [0.1, 0.15) is 31.4 Å². The van der Waals surface area contributed by atoms with Crippen molar-refractivity contribution >= 4 is 33.7 Å². The Morgan fingerprint density at radius 1 is 1.53 bits per heavy atom. The van der Waals surface area contributed by atoms with Gasteiger partial charge in [-0.3, -0.25) is 4.79 Å². The number of carboxylic acids is 1. The number of halogens is 1. The summed E-state index contributed by atoms with van der Waals surface area (Å²) in [6, 6.07) is 4.06. The number of hydrogen-bond donors (Lipinski definition) is 1. The molecule has 0 atom stereocenters. The van der Waals surface area contributed by atoms with Gasteiger partial charge in [0.15, 0.2) is 0 Å². The van der Waals surface area contributed by atoms with Gasteiger partial charge >= 0.3 is 5.97 Å². The Bertz CT molecular complexity index is 469. The van der Waals surface area contributed by atoms with Crippen molar-refractivity contribution in [3.63, 3.8) is 0 Å². The molecule has 0 saturated carbocycles. The van der Waals surface area contributed by atoms with Gasteiger partial charge in [0.2, 0.25) is 0 Å². The van der Waals surface area contributed by atoms with Gasteiger partial charge in [-0.2, -0.15) is 0 Å². The van der Waals surface area contributed by atoms with Gasteiger partial charge in [0.25, 0.3) is 0 Å². The molecule has 0 aliphatic carbocycles. The number of benzene rings is 1. The van der Waals surface area contributed by atoms with E-state index in [-0.39, 0.29) is 11.8 Å². The van der Waals surface area contributed by atoms with E-state index < -0.39 is 5.97 Å². The summed E-state index contributed by atoms with van der Waals surface area (Å²) in [6.45, 7) is 4.45. The molecule has 17 heavy (non-hydrogen) atoms. The van der Waals surface area contributed by atoms with Crippen molar-refractivity contribution in [2.45, 2.75) is 37.0 Å². The van der Waals surface area contributed by atoms with Gasteiger partial charge in [-0.1, -0.05) is 29.8 Å². The minimum Gasteiger partial charge on any atom is -0.481 e. The van der Waals surface area contributed by atoms with Crippen LogP contribution in [0, 0.1) is 0 Å². The van der Waals surface area contributed by atoms with Crippen LogP contribution in [0.15, 0.2) is 21.5 Å². The van der Waals surface area contributed by atoms with E-state index in [9.17, 15) is 4.79 Å². The molecule has 1 aromatic carbocycles. The third kappa shape index (κ3) is 2.68. The average Bonchev–Trinajstić information content (AvgIpc) is 2.18. The maximum Gasteiger partial charge on any atom is 0.307 e. The SMILES string of the molecule is CC1(C)CCSc2c(CC(=O)O)cc(Br)cc21. The lowest BCUT2D eigenvalue weighted by Crippen LogP contribution is -2.24. The summed E-state index contributed by atoms with van der Waals surface area (Å²) in [5.74, 6) is 0.295. The lowest BCUT2D eigenvalue weighted by Gasteiger charge is -2.33. The highest BCUT2D eigenvalue weighted by Crippen LogP contribution is 2.44. The number of carboxylic acid groups (broad SMARTS) is 1. The summed E-state index contributed by atoms with van der Waals surface area (Å²) in [6.07, 6.45) is 1.23. The van der Waals surface area contributed by atoms with E-state index >= 15 is 0 Å². The van der Waals surface area contributed by atoms with Crippen molar-refractivity contribution in [3.05, 3.63) is 27.7 Å². The first-order chi connectivity index (χ1) is 7.90. The minimum absolute atomic E-state index is 0.102. The van der Waals surface area contributed by atoms with Crippen molar-refractivity contribution in [3.8, 4) is 0 Å². The summed E-state index contributed by atoms with van der Waals surface area (Å²) < 4.78 is 0.975. The Labute approximate surface area is 114 Å². The molecule has 0 aromatic heterocycles. The van der Waals surface area contributed by atoms with Crippen LogP contribution in [-0.4, -0.2) is 16.8 Å². The van der Waals surface area contributed by atoms with Crippen molar-refractivity contribution < 1.29 is 9.90 Å². The second-order valence-electron chi connectivity index (χ2n) is 4.99. The fraction of sp³-hybridized carbons (Fsp3) is 0.462. The fourth-order valence-electron chi connectivity index (χ4n) is 2.16. The molecule has 0 bridgehead atoms. The molecule has 4 heteroatoms. The van der Waals surface area contributed by atoms with Gasteiger partial charge in [0, 0.05) is 9.37 Å². The second-order valence-corrected chi connectivity index (χ2v) is 7.02. The molecule has 0 amide bonds. The van der Waals surface area contributed by atoms with Crippen molar-refractivity contribution in [2.75, 3.05) is 5.75 Å². The standard InChI is InChI=1S/C13H15BrO2S/c1-13(2)3-4-17-12-8(6-11(15)16)5-9(14)7-10(12)13/h5,7H,3-4,6H2,1-2H3,(H,15,16). The molecule has 2 nitrogen and oxygen atoms in total. The maximum atomic E-state index is 10.9. The normalized spacial score (nSPS) is 17.6. The van der Waals surface area contributed by atoms with Gasteiger partial charge in [-0.25, -0.2) is 0 Å². The number of fused-ring (bicyclic) bond motifs is 1. The molecule has 2 rings (SSSR count). The van der Waals surface area contributed by atoms with Crippen LogP contribution in [0.5, 0.6) is 0 Å². The summed E-state index contributed by atoms with van der Waals surface area (Å²) >= 11 is 5.26. The molecule has 0 radical (unpaired) electrons. The summed E-state index contributed by atoms with van der Waals surface area (Å²) in [4.78, 5) is 12.1. The van der Waals surface area contributed by atoms with Crippen LogP contribution in [0.2, 0.25) is 0 Å². The zero-order chi connectivity index (χ0) is 12.6. The first kappa shape index (κ1) is 13.0. The molecule has 1 N–H and O–H groups in total. The Hall–Kier alpha value is -0.480. The third-order valence-electron chi connectivity index (χ3n) is 3.17. The molecule has 92 valence electrons. The molecule has 0 saturated heterocycles. The average molecular weight is 315 g/mol. The Kier molecular flexibility index (Phi) is 3.55. The molecule has 0 spiro atoms. The largest absolute Gasteiger partial charge is 0.481 e. The summed E-state index contributed by atoms with van der Waals surface area (Å²) in [5.41, 5.74) is 2.34. The minimum atomic E-state index is -0.769. The van der Waals surface area contributed by atoms with E-state index in [2.05, 4.69) is 35.8 Å². The molecular formula is C13H15BrO2S. The fourth-order valence-corrected chi connectivity index (χ4v) is 4.29. The number of rotatable bonds is 2. The van der Waals surface area contributed by atoms with E-state index in [1.54, 1.807) is 11.8 Å². The van der Waals surface area contributed by atoms with Gasteiger partial charge in [0.05, 0.1) is 6.42 Å². The zero-order valence-electron chi connectivity index (χ0n) is 9.92. The van der Waals surface area contributed by atoms with Crippen LogP contribution < -0.4 is 0 Å². The van der Waals surface area contributed by atoms with Crippen LogP contribution >= 0.6 is 27.7 Å². The molecule has 1 aromatic rings. The Balaban J connectivity index is 2.55. The highest BCUT2D eigenvalue weighted by Gasteiger charge is 2.30. The quantitative estimate of drug-likeness (QED) is 0.901. The first-order valence-corrected chi connectivity index (χ1v) is 7.35. The summed E-state index contributed by atoms with van der Waals surface area (Å²) in [7, 11) is 0. The van der Waals surface area contributed by atoms with Gasteiger partial charge in [0.1, 0.15) is 0 Å². The number of thioether (sulfide) groups is 1. The molecular weight excluding hydrogens is 300 g/mol. The zero-order valence-corrected chi connectivity index (χ0v) is 12.3. The molecule has 1 aliphatic rings. The second kappa shape index (κ2) is 4.65. The Morgan fingerprint density at radius 3 is 2.88 bits per heavy atom. The predicted molar refractivity (Wildman–Crippen MR) is 73.8 cm³/mol. The van der Waals surface area contributed by atoms with Crippen LogP contribution in [0.25, 0.3) is 0 Å². The monoisotopic (exact) mass is 314 g/mol. The van der Waals surface area contributed by atoms with Crippen LogP contribution in [-0.2, 0) is 16.6 Å². The lowest BCUT2D eigenvalue weighted by atomic mass is 9.81. The third-order valence-corrected chi connectivity index (χ3v) is 4.81. The number of hydrogen-bond acceptors (Lipinski definition) is 2. The maximum absolute atomic E-state index is 10.9. The van der Waals surface area contributed by atoms with Crippen LogP contribution in [0.3, 0.4) is 0 Å². The van der Waals surface area contributed by atoms with Crippen molar-refractivity contribution in [2.24, 2.45) is 0 Å². The summed E-state index contributed by atoms with van der Waals surface area (Å²) in [5, 5.41) is 8.96. The van der Waals surface area contributed by atoms with Crippen LogP contribution in [0.4, 0.5) is 0 Å². The highest BCUT2D eigenvalue weighted by molar-refractivity contribution is 9.10. The molecule has 0 unspecified atom stereocenters. The van der Waals surface area contributed by atoms with Gasteiger partial charge in [-0.05, 0) is 40.8 Å². The topological polar surface area (TPSA) is 37.3 Å². The Morgan fingerprint density at radius 2 is 2.24 bits per heavy atom. The van der Waals surface area contributed by atoms with E-state index in [4.69, 9.17) is 5.11 Å². The van der Waals surface area contributed by atoms with E-state index in [0.29, 0.717) is 0 Å². The molecule has 0 fully saturated rings. The van der Waals surface area contributed by atoms with E-state index in [1.165, 1.54) is 10.5 Å². The van der Waals surface area contributed by atoms with Crippen molar-refractivity contribution in [1.29, 1.82) is 0 Å². The smallest absolute Gasteiger partial charge is 0.307 e. The highest BCUT2D eigenvalue weighted by atomic mass is 79.9. The van der Waals surface area contributed by atoms with Gasteiger partial charge in [-0.15, -0.1) is 11.8 Å². The van der Waals surface area contributed by atoms with Gasteiger partial charge < -0.3 is 5.11 Å². The predicted octanol–water partition coefficient (Wildman–Crippen LogP) is 3.85. The lowest BCUT2D eigenvalue weighted by molar-refractivity contribution is -0.136. The van der Waals surface area contributed by atoms with Crippen molar-refractivity contribution in [1.82, 2.24) is 0 Å². The first-order valence-electron chi connectivity index (χ1n) is 5.57. The van der Waals surface area contributed by atoms with E-state index in [0.717, 1.165) is 22.2 Å².